The molecule has 7 heteroatoms. The number of carbonyl (C=O) groups is 2. The van der Waals surface area contributed by atoms with Crippen LogP contribution in [0.25, 0.3) is 5.69 Å². The number of piperazine rings is 1. The normalized spacial score (nSPS) is 15.7. The van der Waals surface area contributed by atoms with Gasteiger partial charge in [0.15, 0.2) is 0 Å². The number of amides is 1. The van der Waals surface area contributed by atoms with Crippen LogP contribution >= 0.6 is 0 Å². The predicted molar refractivity (Wildman–Crippen MR) is 111 cm³/mol. The number of para-hydroxylation sites is 1. The quantitative estimate of drug-likeness (QED) is 0.611. The highest BCUT2D eigenvalue weighted by atomic mass is 19.1. The van der Waals surface area contributed by atoms with E-state index in [-0.39, 0.29) is 11.7 Å². The zero-order valence-corrected chi connectivity index (χ0v) is 16.7. The minimum absolute atomic E-state index is 0.0801. The topological polar surface area (TPSA) is 58.4 Å². The summed E-state index contributed by atoms with van der Waals surface area (Å²) in [6.45, 7) is 3.99. The van der Waals surface area contributed by atoms with Gasteiger partial charge in [0.05, 0.1) is 17.4 Å². The van der Waals surface area contributed by atoms with Crippen LogP contribution in [-0.4, -0.2) is 58.0 Å². The highest BCUT2D eigenvalue weighted by Gasteiger charge is 2.29. The maximum atomic E-state index is 13.2. The SMILES string of the molecule is Cc1cc(C(=O)N2CCN(C(C=O)c3ccc(F)cc3)CC2)n(-c2ccccc2)n1. The summed E-state index contributed by atoms with van der Waals surface area (Å²) in [6.07, 6.45) is 0.874. The first-order chi connectivity index (χ1) is 14.6. The number of benzene rings is 2. The van der Waals surface area contributed by atoms with Crippen LogP contribution in [0.2, 0.25) is 0 Å². The van der Waals surface area contributed by atoms with Gasteiger partial charge in [0, 0.05) is 26.2 Å². The number of halogens is 1. The molecular formula is C23H23FN4O2. The summed E-state index contributed by atoms with van der Waals surface area (Å²) in [5.74, 6) is -0.410. The summed E-state index contributed by atoms with van der Waals surface area (Å²) < 4.78 is 14.9. The van der Waals surface area contributed by atoms with Gasteiger partial charge in [0.25, 0.3) is 5.91 Å². The Morgan fingerprint density at radius 2 is 1.70 bits per heavy atom. The lowest BCUT2D eigenvalue weighted by Crippen LogP contribution is -2.50. The zero-order valence-electron chi connectivity index (χ0n) is 16.7. The average Bonchev–Trinajstić information content (AvgIpc) is 3.18. The summed E-state index contributed by atoms with van der Waals surface area (Å²) in [4.78, 5) is 28.7. The Morgan fingerprint density at radius 1 is 1.03 bits per heavy atom. The second kappa shape index (κ2) is 8.59. The fourth-order valence-corrected chi connectivity index (χ4v) is 3.82. The Hall–Kier alpha value is -3.32. The maximum absolute atomic E-state index is 13.2. The molecule has 0 spiro atoms. The molecule has 2 heterocycles. The third kappa shape index (κ3) is 4.02. The largest absolute Gasteiger partial charge is 0.335 e. The van der Waals surface area contributed by atoms with Crippen molar-refractivity contribution in [3.05, 3.63) is 83.4 Å². The molecule has 4 rings (SSSR count). The fraction of sp³-hybridized carbons (Fsp3) is 0.261. The van der Waals surface area contributed by atoms with Crippen LogP contribution in [0.4, 0.5) is 4.39 Å². The van der Waals surface area contributed by atoms with Crippen LogP contribution in [0.3, 0.4) is 0 Å². The lowest BCUT2D eigenvalue weighted by molar-refractivity contribution is -0.113. The van der Waals surface area contributed by atoms with Gasteiger partial charge in [-0.15, -0.1) is 0 Å². The zero-order chi connectivity index (χ0) is 21.1. The van der Waals surface area contributed by atoms with Crippen molar-refractivity contribution in [2.24, 2.45) is 0 Å². The van der Waals surface area contributed by atoms with E-state index in [9.17, 15) is 14.0 Å². The molecule has 154 valence electrons. The van der Waals surface area contributed by atoms with Gasteiger partial charge < -0.3 is 9.69 Å². The smallest absolute Gasteiger partial charge is 0.272 e. The average molecular weight is 406 g/mol. The van der Waals surface area contributed by atoms with Crippen molar-refractivity contribution in [1.82, 2.24) is 19.6 Å². The van der Waals surface area contributed by atoms with Gasteiger partial charge in [0.2, 0.25) is 0 Å². The second-order valence-corrected chi connectivity index (χ2v) is 7.38. The first-order valence-corrected chi connectivity index (χ1v) is 9.93. The number of nitrogens with zero attached hydrogens (tertiary/aromatic N) is 4. The highest BCUT2D eigenvalue weighted by molar-refractivity contribution is 5.93. The molecule has 3 aromatic rings. The van der Waals surface area contributed by atoms with Crippen molar-refractivity contribution >= 4 is 12.2 Å². The first-order valence-electron chi connectivity index (χ1n) is 9.93. The summed E-state index contributed by atoms with van der Waals surface area (Å²) in [6, 6.07) is 16.9. The molecule has 2 aromatic carbocycles. The molecule has 1 aromatic heterocycles. The first kappa shape index (κ1) is 20.0. The Bertz CT molecular complexity index is 1030. The maximum Gasteiger partial charge on any atom is 0.272 e. The van der Waals surface area contributed by atoms with Crippen LogP contribution in [0.15, 0.2) is 60.7 Å². The van der Waals surface area contributed by atoms with Crippen LogP contribution in [0.1, 0.15) is 27.8 Å². The molecule has 1 aliphatic rings. The molecule has 1 unspecified atom stereocenters. The highest BCUT2D eigenvalue weighted by Crippen LogP contribution is 2.22. The van der Waals surface area contributed by atoms with E-state index in [2.05, 4.69) is 5.10 Å². The summed E-state index contributed by atoms with van der Waals surface area (Å²) >= 11 is 0. The minimum atomic E-state index is -0.444. The van der Waals surface area contributed by atoms with E-state index in [1.54, 1.807) is 27.8 Å². The van der Waals surface area contributed by atoms with Gasteiger partial charge in [-0.1, -0.05) is 30.3 Å². The summed E-state index contributed by atoms with van der Waals surface area (Å²) in [5.41, 5.74) is 2.89. The molecule has 0 aliphatic carbocycles. The van der Waals surface area contributed by atoms with E-state index in [0.29, 0.717) is 31.9 Å². The molecule has 1 saturated heterocycles. The molecule has 1 aliphatic heterocycles. The molecule has 30 heavy (non-hydrogen) atoms. The number of aldehydes is 1. The lowest BCUT2D eigenvalue weighted by Gasteiger charge is -2.37. The number of aryl methyl sites for hydroxylation is 1. The molecule has 1 fully saturated rings. The molecule has 0 saturated carbocycles. The number of rotatable bonds is 5. The predicted octanol–water partition coefficient (Wildman–Crippen LogP) is 3.02. The van der Waals surface area contributed by atoms with Crippen molar-refractivity contribution in [2.75, 3.05) is 26.2 Å². The Kier molecular flexibility index (Phi) is 5.72. The minimum Gasteiger partial charge on any atom is -0.335 e. The standard InChI is InChI=1S/C23H23FN4O2/c1-17-15-21(28(25-17)20-5-3-2-4-6-20)23(30)27-13-11-26(12-14-27)22(16-29)18-7-9-19(24)10-8-18/h2-10,15-16,22H,11-14H2,1H3. The molecular weight excluding hydrogens is 383 g/mol. The van der Waals surface area contributed by atoms with Gasteiger partial charge in [-0.3, -0.25) is 9.69 Å². The number of hydrogen-bond donors (Lipinski definition) is 0. The molecule has 0 radical (unpaired) electrons. The molecule has 1 amide bonds. The number of aromatic nitrogens is 2. The van der Waals surface area contributed by atoms with E-state index >= 15 is 0 Å². The van der Waals surface area contributed by atoms with Crippen molar-refractivity contribution in [3.63, 3.8) is 0 Å². The van der Waals surface area contributed by atoms with Gasteiger partial charge in [-0.05, 0) is 42.8 Å². The lowest BCUT2D eigenvalue weighted by atomic mass is 10.1. The van der Waals surface area contributed by atoms with Crippen molar-refractivity contribution in [1.29, 1.82) is 0 Å². The molecule has 0 N–H and O–H groups in total. The Morgan fingerprint density at radius 3 is 2.33 bits per heavy atom. The van der Waals surface area contributed by atoms with E-state index < -0.39 is 6.04 Å². The van der Waals surface area contributed by atoms with Crippen LogP contribution < -0.4 is 0 Å². The van der Waals surface area contributed by atoms with Gasteiger partial charge in [0.1, 0.15) is 17.8 Å². The van der Waals surface area contributed by atoms with Gasteiger partial charge in [-0.25, -0.2) is 9.07 Å². The third-order valence-electron chi connectivity index (χ3n) is 5.39. The summed E-state index contributed by atoms with van der Waals surface area (Å²) in [7, 11) is 0. The summed E-state index contributed by atoms with van der Waals surface area (Å²) in [5, 5.41) is 4.48. The van der Waals surface area contributed by atoms with E-state index in [1.165, 1.54) is 12.1 Å². The van der Waals surface area contributed by atoms with Crippen LogP contribution in [0, 0.1) is 12.7 Å². The van der Waals surface area contributed by atoms with E-state index in [1.807, 2.05) is 42.2 Å². The molecule has 0 bridgehead atoms. The fourth-order valence-electron chi connectivity index (χ4n) is 3.82. The van der Waals surface area contributed by atoms with Crippen molar-refractivity contribution in [3.8, 4) is 5.69 Å². The van der Waals surface area contributed by atoms with Gasteiger partial charge in [-0.2, -0.15) is 5.10 Å². The number of carbonyl (C=O) groups excluding carboxylic acids is 2. The van der Waals surface area contributed by atoms with Gasteiger partial charge >= 0.3 is 0 Å². The third-order valence-corrected chi connectivity index (χ3v) is 5.39. The number of hydrogen-bond acceptors (Lipinski definition) is 4. The van der Waals surface area contributed by atoms with Crippen LogP contribution in [0.5, 0.6) is 0 Å². The van der Waals surface area contributed by atoms with E-state index in [4.69, 9.17) is 0 Å². The Labute approximate surface area is 174 Å². The second-order valence-electron chi connectivity index (χ2n) is 7.38. The monoisotopic (exact) mass is 406 g/mol. The van der Waals surface area contributed by atoms with E-state index in [0.717, 1.165) is 23.2 Å². The molecule has 6 nitrogen and oxygen atoms in total. The molecule has 1 atom stereocenters. The van der Waals surface area contributed by atoms with Crippen molar-refractivity contribution in [2.45, 2.75) is 13.0 Å². The van der Waals surface area contributed by atoms with Crippen LogP contribution in [-0.2, 0) is 4.79 Å². The Balaban J connectivity index is 1.48. The van der Waals surface area contributed by atoms with Crippen molar-refractivity contribution < 1.29 is 14.0 Å².